The summed E-state index contributed by atoms with van der Waals surface area (Å²) in [5, 5.41) is 0. The van der Waals surface area contributed by atoms with E-state index in [1.807, 2.05) is 0 Å². The summed E-state index contributed by atoms with van der Waals surface area (Å²) >= 11 is 0. The number of hydrogen-bond donors (Lipinski definition) is 0. The molecule has 0 amide bonds. The maximum absolute atomic E-state index is 12.8. The number of rotatable bonds is 14. The third kappa shape index (κ3) is 6.71. The number of hydrogen-bond acceptors (Lipinski definition) is 2. The van der Waals surface area contributed by atoms with Crippen LogP contribution in [0, 0.1) is 11.3 Å². The maximum Gasteiger partial charge on any atom is 0.312 e. The molecule has 0 saturated carbocycles. The molecule has 0 aliphatic carbocycles. The van der Waals surface area contributed by atoms with Gasteiger partial charge in [0.1, 0.15) is 0 Å². The molecule has 0 fully saturated rings. The highest BCUT2D eigenvalue weighted by Gasteiger charge is 2.43. The second kappa shape index (κ2) is 13.0. The second-order valence-electron chi connectivity index (χ2n) is 6.69. The Morgan fingerprint density at radius 1 is 0.818 bits per heavy atom. The molecule has 0 radical (unpaired) electrons. The summed E-state index contributed by atoms with van der Waals surface area (Å²) in [6.07, 6.45) is 12.4. The Bertz CT molecular complexity index is 269. The van der Waals surface area contributed by atoms with Crippen LogP contribution in [-0.4, -0.2) is 12.6 Å². The molecule has 132 valence electrons. The number of unbranched alkanes of at least 4 members (excludes halogenated alkanes) is 4. The minimum absolute atomic E-state index is 0.0727. The van der Waals surface area contributed by atoms with Gasteiger partial charge in [-0.05, 0) is 38.0 Å². The molecule has 0 heterocycles. The van der Waals surface area contributed by atoms with Crippen molar-refractivity contribution in [2.75, 3.05) is 6.61 Å². The number of carbonyl (C=O) groups is 1. The highest BCUT2D eigenvalue weighted by molar-refractivity contribution is 5.77. The molecule has 0 aliphatic rings. The molecular weight excluding hydrogens is 272 g/mol. The van der Waals surface area contributed by atoms with Crippen LogP contribution in [-0.2, 0) is 9.53 Å². The summed E-state index contributed by atoms with van der Waals surface area (Å²) in [5.74, 6) is 0.562. The number of esters is 1. The molecule has 0 rings (SSSR count). The quantitative estimate of drug-likeness (QED) is 0.269. The van der Waals surface area contributed by atoms with Crippen LogP contribution in [0.2, 0.25) is 0 Å². The Morgan fingerprint density at radius 3 is 1.86 bits per heavy atom. The smallest absolute Gasteiger partial charge is 0.312 e. The van der Waals surface area contributed by atoms with E-state index in [4.69, 9.17) is 4.74 Å². The van der Waals surface area contributed by atoms with E-state index in [1.165, 1.54) is 44.9 Å². The molecule has 0 aromatic carbocycles. The van der Waals surface area contributed by atoms with E-state index in [0.29, 0.717) is 12.5 Å². The second-order valence-corrected chi connectivity index (χ2v) is 6.69. The van der Waals surface area contributed by atoms with E-state index in [2.05, 4.69) is 34.6 Å². The van der Waals surface area contributed by atoms with E-state index >= 15 is 0 Å². The standard InChI is InChI=1S/C20H40O2/c1-6-11-14-16-18(15-12-7-2)20(9-4,10-5)19(21)22-17-13-8-3/h18H,6-17H2,1-5H3. The van der Waals surface area contributed by atoms with Crippen molar-refractivity contribution in [3.8, 4) is 0 Å². The molecule has 22 heavy (non-hydrogen) atoms. The van der Waals surface area contributed by atoms with Crippen LogP contribution >= 0.6 is 0 Å². The average molecular weight is 313 g/mol. The molecule has 0 aliphatic heterocycles. The monoisotopic (exact) mass is 312 g/mol. The molecule has 0 N–H and O–H groups in total. The van der Waals surface area contributed by atoms with Gasteiger partial charge >= 0.3 is 5.97 Å². The van der Waals surface area contributed by atoms with Crippen LogP contribution in [0.25, 0.3) is 0 Å². The van der Waals surface area contributed by atoms with Crippen molar-refractivity contribution in [1.29, 1.82) is 0 Å². The first-order valence-corrected chi connectivity index (χ1v) is 9.79. The van der Waals surface area contributed by atoms with Gasteiger partial charge in [0, 0.05) is 0 Å². The normalized spacial score (nSPS) is 13.1. The average Bonchev–Trinajstić information content (AvgIpc) is 2.53. The lowest BCUT2D eigenvalue weighted by Crippen LogP contribution is -2.39. The zero-order chi connectivity index (χ0) is 16.8. The van der Waals surface area contributed by atoms with E-state index in [0.717, 1.165) is 25.7 Å². The van der Waals surface area contributed by atoms with Crippen molar-refractivity contribution >= 4 is 5.97 Å². The highest BCUT2D eigenvalue weighted by atomic mass is 16.5. The van der Waals surface area contributed by atoms with E-state index in [9.17, 15) is 4.79 Å². The molecule has 0 aromatic heterocycles. The van der Waals surface area contributed by atoms with E-state index in [1.54, 1.807) is 0 Å². The Labute approximate surface area is 139 Å². The minimum Gasteiger partial charge on any atom is -0.465 e. The molecule has 0 spiro atoms. The maximum atomic E-state index is 12.8. The lowest BCUT2D eigenvalue weighted by molar-refractivity contribution is -0.161. The third-order valence-corrected chi connectivity index (χ3v) is 5.24. The lowest BCUT2D eigenvalue weighted by Gasteiger charge is -2.38. The summed E-state index contributed by atoms with van der Waals surface area (Å²) in [5.41, 5.74) is -0.253. The van der Waals surface area contributed by atoms with Crippen molar-refractivity contribution in [3.63, 3.8) is 0 Å². The molecule has 2 nitrogen and oxygen atoms in total. The van der Waals surface area contributed by atoms with Gasteiger partial charge in [0.25, 0.3) is 0 Å². The van der Waals surface area contributed by atoms with Crippen LogP contribution in [0.15, 0.2) is 0 Å². The topological polar surface area (TPSA) is 26.3 Å². The Morgan fingerprint density at radius 2 is 1.36 bits per heavy atom. The molecule has 0 aromatic rings. The molecule has 0 saturated heterocycles. The van der Waals surface area contributed by atoms with Crippen LogP contribution in [0.4, 0.5) is 0 Å². The predicted molar refractivity (Wildman–Crippen MR) is 96.0 cm³/mol. The summed E-state index contributed by atoms with van der Waals surface area (Å²) in [4.78, 5) is 12.8. The third-order valence-electron chi connectivity index (χ3n) is 5.24. The van der Waals surface area contributed by atoms with Crippen LogP contribution in [0.1, 0.15) is 105 Å². The summed E-state index contributed by atoms with van der Waals surface area (Å²) in [7, 11) is 0. The van der Waals surface area contributed by atoms with Crippen molar-refractivity contribution in [2.45, 2.75) is 105 Å². The first kappa shape index (κ1) is 21.5. The lowest BCUT2D eigenvalue weighted by atomic mass is 9.67. The Balaban J connectivity index is 4.98. The van der Waals surface area contributed by atoms with Crippen molar-refractivity contribution in [2.24, 2.45) is 11.3 Å². The van der Waals surface area contributed by atoms with Gasteiger partial charge in [-0.1, -0.05) is 73.1 Å². The summed E-state index contributed by atoms with van der Waals surface area (Å²) < 4.78 is 5.66. The fraction of sp³-hybridized carbons (Fsp3) is 0.950. The van der Waals surface area contributed by atoms with E-state index < -0.39 is 0 Å². The SMILES string of the molecule is CCCCCC(CCCC)C(CC)(CC)C(=O)OCCCC. The molecule has 1 atom stereocenters. The first-order valence-electron chi connectivity index (χ1n) is 9.79. The molecule has 0 bridgehead atoms. The predicted octanol–water partition coefficient (Wildman–Crippen LogP) is 6.52. The molecular formula is C20H40O2. The van der Waals surface area contributed by atoms with Gasteiger partial charge < -0.3 is 4.74 Å². The van der Waals surface area contributed by atoms with Gasteiger partial charge in [-0.15, -0.1) is 0 Å². The van der Waals surface area contributed by atoms with Crippen LogP contribution < -0.4 is 0 Å². The first-order chi connectivity index (χ1) is 10.6. The van der Waals surface area contributed by atoms with E-state index in [-0.39, 0.29) is 11.4 Å². The van der Waals surface area contributed by atoms with Crippen molar-refractivity contribution in [1.82, 2.24) is 0 Å². The van der Waals surface area contributed by atoms with Gasteiger partial charge in [0.05, 0.1) is 12.0 Å². The van der Waals surface area contributed by atoms with Gasteiger partial charge in [-0.25, -0.2) is 0 Å². The zero-order valence-corrected chi connectivity index (χ0v) is 15.9. The Kier molecular flexibility index (Phi) is 12.6. The fourth-order valence-electron chi connectivity index (χ4n) is 3.52. The highest BCUT2D eigenvalue weighted by Crippen LogP contribution is 2.42. The van der Waals surface area contributed by atoms with Gasteiger partial charge in [-0.3, -0.25) is 4.79 Å². The van der Waals surface area contributed by atoms with Gasteiger partial charge in [0.15, 0.2) is 0 Å². The number of carbonyl (C=O) groups excluding carboxylic acids is 1. The van der Waals surface area contributed by atoms with Gasteiger partial charge in [-0.2, -0.15) is 0 Å². The summed E-state index contributed by atoms with van der Waals surface area (Å²) in [6.45, 7) is 11.5. The number of ether oxygens (including phenoxy) is 1. The Hall–Kier alpha value is -0.530. The van der Waals surface area contributed by atoms with Crippen LogP contribution in [0.5, 0.6) is 0 Å². The molecule has 2 heteroatoms. The summed E-state index contributed by atoms with van der Waals surface area (Å²) in [6, 6.07) is 0. The van der Waals surface area contributed by atoms with Crippen LogP contribution in [0.3, 0.4) is 0 Å². The van der Waals surface area contributed by atoms with Gasteiger partial charge in [0.2, 0.25) is 0 Å². The minimum atomic E-state index is -0.253. The molecule has 1 unspecified atom stereocenters. The van der Waals surface area contributed by atoms with Crippen molar-refractivity contribution < 1.29 is 9.53 Å². The largest absolute Gasteiger partial charge is 0.465 e. The van der Waals surface area contributed by atoms with Crippen molar-refractivity contribution in [3.05, 3.63) is 0 Å². The fourth-order valence-corrected chi connectivity index (χ4v) is 3.52. The zero-order valence-electron chi connectivity index (χ0n) is 15.9.